The zero-order valence-electron chi connectivity index (χ0n) is 7.84. The molecule has 82 valence electrons. The van der Waals surface area contributed by atoms with E-state index in [9.17, 15) is 9.36 Å². The van der Waals surface area contributed by atoms with Crippen molar-refractivity contribution < 1.29 is 29.4 Å². The third-order valence-electron chi connectivity index (χ3n) is 1.59. The summed E-state index contributed by atoms with van der Waals surface area (Å²) in [5.74, 6) is -1.40. The van der Waals surface area contributed by atoms with Gasteiger partial charge >= 0.3 is 13.6 Å². The van der Waals surface area contributed by atoms with Crippen LogP contribution in [-0.2, 0) is 9.36 Å². The largest absolute Gasteiger partial charge is 0.478 e. The van der Waals surface area contributed by atoms with Gasteiger partial charge in [-0.1, -0.05) is 0 Å². The predicted octanol–water partition coefficient (Wildman–Crippen LogP) is 0.294. The summed E-state index contributed by atoms with van der Waals surface area (Å²) in [6, 6.07) is 0. The molecule has 0 aliphatic carbocycles. The molecule has 6 nitrogen and oxygen atoms in total. The summed E-state index contributed by atoms with van der Waals surface area (Å²) < 4.78 is 10.9. The van der Waals surface area contributed by atoms with Crippen molar-refractivity contribution in [3.05, 3.63) is 10.9 Å². The maximum atomic E-state index is 10.9. The molecule has 0 bridgehead atoms. The second-order valence-electron chi connectivity index (χ2n) is 2.97. The van der Waals surface area contributed by atoms with Crippen LogP contribution in [0.25, 0.3) is 0 Å². The monoisotopic (exact) mass is 224 g/mol. The number of hydrogen-bond acceptors (Lipinski definition) is 3. The number of aliphatic carboxylic acids is 1. The normalized spacial score (nSPS) is 16.1. The molecule has 7 heteroatoms. The molecule has 4 N–H and O–H groups in total. The SMILES string of the molecule is CC(C(=O)O)=C(CC(C)O)P(=O)(O)O. The van der Waals surface area contributed by atoms with Crippen molar-refractivity contribution in [1.82, 2.24) is 0 Å². The van der Waals surface area contributed by atoms with E-state index in [1.807, 2.05) is 0 Å². The molecule has 0 fully saturated rings. The third kappa shape index (κ3) is 4.02. The van der Waals surface area contributed by atoms with Gasteiger partial charge in [0.25, 0.3) is 0 Å². The summed E-state index contributed by atoms with van der Waals surface area (Å²) in [7, 11) is -4.60. The van der Waals surface area contributed by atoms with E-state index in [2.05, 4.69) is 0 Å². The summed E-state index contributed by atoms with van der Waals surface area (Å²) in [6.07, 6.45) is -1.34. The van der Waals surface area contributed by atoms with Crippen LogP contribution in [-0.4, -0.2) is 32.1 Å². The van der Waals surface area contributed by atoms with Crippen molar-refractivity contribution in [1.29, 1.82) is 0 Å². The molecule has 0 radical (unpaired) electrons. The topological polar surface area (TPSA) is 115 Å². The second-order valence-corrected chi connectivity index (χ2v) is 4.60. The van der Waals surface area contributed by atoms with Crippen molar-refractivity contribution in [2.24, 2.45) is 0 Å². The molecule has 0 aromatic heterocycles. The third-order valence-corrected chi connectivity index (χ3v) is 2.82. The first-order chi connectivity index (χ1) is 6.16. The van der Waals surface area contributed by atoms with E-state index >= 15 is 0 Å². The van der Waals surface area contributed by atoms with Gasteiger partial charge in [0, 0.05) is 12.0 Å². The number of carbonyl (C=O) groups is 1. The van der Waals surface area contributed by atoms with Crippen molar-refractivity contribution in [2.45, 2.75) is 26.4 Å². The molecule has 0 amide bonds. The molecular weight excluding hydrogens is 211 g/mol. The fraction of sp³-hybridized carbons (Fsp3) is 0.571. The predicted molar refractivity (Wildman–Crippen MR) is 48.7 cm³/mol. The van der Waals surface area contributed by atoms with Crippen LogP contribution in [0.3, 0.4) is 0 Å². The lowest BCUT2D eigenvalue weighted by Crippen LogP contribution is -2.08. The van der Waals surface area contributed by atoms with Gasteiger partial charge in [0.1, 0.15) is 0 Å². The Hall–Kier alpha value is -0.680. The maximum absolute atomic E-state index is 10.9. The summed E-state index contributed by atoms with van der Waals surface area (Å²) >= 11 is 0. The fourth-order valence-electron chi connectivity index (χ4n) is 0.894. The number of rotatable bonds is 4. The van der Waals surface area contributed by atoms with E-state index in [4.69, 9.17) is 20.0 Å². The standard InChI is InChI=1S/C7H13O6P/c1-4(8)3-6(14(11,12)13)5(2)7(9)10/h4,8H,3H2,1-2H3,(H,9,10)(H2,11,12,13). The zero-order valence-corrected chi connectivity index (χ0v) is 8.73. The minimum atomic E-state index is -4.60. The van der Waals surface area contributed by atoms with Crippen LogP contribution in [0.15, 0.2) is 10.9 Å². The highest BCUT2D eigenvalue weighted by Gasteiger charge is 2.27. The van der Waals surface area contributed by atoms with Crippen molar-refractivity contribution >= 4 is 13.6 Å². The van der Waals surface area contributed by atoms with Crippen LogP contribution < -0.4 is 0 Å². The Morgan fingerprint density at radius 2 is 1.86 bits per heavy atom. The summed E-state index contributed by atoms with van der Waals surface area (Å²) in [5, 5.41) is 17.0. The van der Waals surface area contributed by atoms with Crippen molar-refractivity contribution in [2.75, 3.05) is 0 Å². The number of aliphatic hydroxyl groups is 1. The molecule has 0 spiro atoms. The minimum Gasteiger partial charge on any atom is -0.478 e. The van der Waals surface area contributed by atoms with Gasteiger partial charge in [-0.2, -0.15) is 0 Å². The zero-order chi connectivity index (χ0) is 11.5. The molecule has 1 atom stereocenters. The fourth-order valence-corrected chi connectivity index (χ4v) is 1.93. The minimum absolute atomic E-state index is 0.345. The lowest BCUT2D eigenvalue weighted by Gasteiger charge is -2.12. The lowest BCUT2D eigenvalue weighted by atomic mass is 10.2. The van der Waals surface area contributed by atoms with Gasteiger partial charge in [0.2, 0.25) is 0 Å². The second kappa shape index (κ2) is 4.70. The van der Waals surface area contributed by atoms with E-state index in [0.29, 0.717) is 0 Å². The molecule has 14 heavy (non-hydrogen) atoms. The molecule has 0 aliphatic rings. The summed E-state index contributed by atoms with van der Waals surface area (Å²) in [5.41, 5.74) is -0.417. The first kappa shape index (κ1) is 13.3. The van der Waals surface area contributed by atoms with Crippen LogP contribution >= 0.6 is 7.60 Å². The Balaban J connectivity index is 5.21. The smallest absolute Gasteiger partial charge is 0.352 e. The average Bonchev–Trinajstić information content (AvgIpc) is 1.96. The van der Waals surface area contributed by atoms with Crippen molar-refractivity contribution in [3.63, 3.8) is 0 Å². The Morgan fingerprint density at radius 3 is 2.07 bits per heavy atom. The van der Waals surface area contributed by atoms with E-state index in [1.54, 1.807) is 0 Å². The highest BCUT2D eigenvalue weighted by atomic mass is 31.2. The van der Waals surface area contributed by atoms with Gasteiger partial charge in [-0.15, -0.1) is 0 Å². The number of carboxylic acids is 1. The molecule has 0 aliphatic heterocycles. The summed E-state index contributed by atoms with van der Waals surface area (Å²) in [4.78, 5) is 28.1. The molecular formula is C7H13O6P. The van der Waals surface area contributed by atoms with Gasteiger partial charge in [-0.05, 0) is 13.8 Å². The Labute approximate surface area is 81.0 Å². The Kier molecular flexibility index (Phi) is 4.48. The van der Waals surface area contributed by atoms with Crippen LogP contribution in [0, 0.1) is 0 Å². The molecule has 0 aromatic carbocycles. The van der Waals surface area contributed by atoms with E-state index < -0.39 is 30.6 Å². The van der Waals surface area contributed by atoms with Crippen molar-refractivity contribution in [3.8, 4) is 0 Å². The Bertz CT molecular complexity index is 299. The summed E-state index contributed by atoms with van der Waals surface area (Å²) in [6.45, 7) is 2.42. The first-order valence-corrected chi connectivity index (χ1v) is 5.44. The van der Waals surface area contributed by atoms with Crippen LogP contribution in [0.5, 0.6) is 0 Å². The van der Waals surface area contributed by atoms with Crippen LogP contribution in [0.4, 0.5) is 0 Å². The molecule has 0 heterocycles. The Morgan fingerprint density at radius 1 is 1.43 bits per heavy atom. The van der Waals surface area contributed by atoms with Gasteiger partial charge < -0.3 is 20.0 Å². The number of aliphatic hydroxyl groups excluding tert-OH is 1. The molecule has 0 aromatic rings. The maximum Gasteiger partial charge on any atom is 0.352 e. The van der Waals surface area contributed by atoms with E-state index in [1.165, 1.54) is 6.92 Å². The number of hydrogen-bond donors (Lipinski definition) is 4. The number of carboxylic acid groups (broad SMARTS) is 1. The molecule has 1 unspecified atom stereocenters. The average molecular weight is 224 g/mol. The molecule has 0 rings (SSSR count). The highest BCUT2D eigenvalue weighted by Crippen LogP contribution is 2.48. The quantitative estimate of drug-likeness (QED) is 0.403. The first-order valence-electron chi connectivity index (χ1n) is 3.83. The lowest BCUT2D eigenvalue weighted by molar-refractivity contribution is -0.132. The molecule has 0 saturated carbocycles. The van der Waals surface area contributed by atoms with Gasteiger partial charge in [-0.25, -0.2) is 4.79 Å². The van der Waals surface area contributed by atoms with Crippen LogP contribution in [0.1, 0.15) is 20.3 Å². The van der Waals surface area contributed by atoms with E-state index in [-0.39, 0.29) is 6.42 Å². The van der Waals surface area contributed by atoms with Gasteiger partial charge in [-0.3, -0.25) is 4.57 Å². The van der Waals surface area contributed by atoms with E-state index in [0.717, 1.165) is 6.92 Å². The highest BCUT2D eigenvalue weighted by molar-refractivity contribution is 7.56. The van der Waals surface area contributed by atoms with Gasteiger partial charge in [0.15, 0.2) is 0 Å². The molecule has 0 saturated heterocycles. The van der Waals surface area contributed by atoms with Gasteiger partial charge in [0.05, 0.1) is 11.4 Å². The van der Waals surface area contributed by atoms with Crippen LogP contribution in [0.2, 0.25) is 0 Å².